The average molecular weight is 316 g/mol. The lowest BCUT2D eigenvalue weighted by Gasteiger charge is -2.08. The second-order valence-corrected chi connectivity index (χ2v) is 4.49. The molecule has 1 rings (SSSR count). The van der Waals surface area contributed by atoms with E-state index in [0.29, 0.717) is 13.0 Å². The number of benzene rings is 1. The number of hydrogen-bond donors (Lipinski definition) is 3. The summed E-state index contributed by atoms with van der Waals surface area (Å²) in [6, 6.07) is 8.84. The monoisotopic (exact) mass is 315 g/mol. The molecule has 21 heavy (non-hydrogen) atoms. The van der Waals surface area contributed by atoms with E-state index in [1.165, 1.54) is 0 Å². The maximum atomic E-state index is 11.4. The maximum absolute atomic E-state index is 11.4. The maximum Gasteiger partial charge on any atom is 0.407 e. The summed E-state index contributed by atoms with van der Waals surface area (Å²) in [7, 11) is 0. The molecule has 2 amide bonds. The number of rotatable bonds is 8. The first kappa shape index (κ1) is 19.2. The summed E-state index contributed by atoms with van der Waals surface area (Å²) in [5.74, 6) is -0.500. The smallest absolute Gasteiger partial charge is 0.407 e. The van der Waals surface area contributed by atoms with Crippen molar-refractivity contribution in [1.29, 1.82) is 0 Å². The Morgan fingerprint density at radius 1 is 1.19 bits per heavy atom. The number of carbonyl (C=O) groups excluding carboxylic acids is 2. The summed E-state index contributed by atoms with van der Waals surface area (Å²) < 4.78 is 5.05. The molecule has 1 aromatic carbocycles. The van der Waals surface area contributed by atoms with E-state index in [9.17, 15) is 9.59 Å². The Balaban J connectivity index is 0.00000400. The van der Waals surface area contributed by atoms with Crippen LogP contribution in [0.1, 0.15) is 24.8 Å². The second kappa shape index (κ2) is 10.9. The Bertz CT molecular complexity index is 429. The van der Waals surface area contributed by atoms with Crippen molar-refractivity contribution in [1.82, 2.24) is 5.32 Å². The van der Waals surface area contributed by atoms with Crippen LogP contribution in [0.25, 0.3) is 0 Å². The number of unbranched alkanes of at least 4 members (excludes halogenated alkanes) is 1. The normalized spacial score (nSPS) is 11.1. The molecule has 7 heteroatoms. The molecule has 0 radical (unpaired) electrons. The molecule has 0 unspecified atom stereocenters. The van der Waals surface area contributed by atoms with E-state index in [4.69, 9.17) is 16.2 Å². The number of nitrogens with two attached hydrogens (primary N) is 2. The van der Waals surface area contributed by atoms with Gasteiger partial charge in [0.1, 0.15) is 6.61 Å². The highest BCUT2D eigenvalue weighted by molar-refractivity contribution is 5.85. The van der Waals surface area contributed by atoms with Crippen molar-refractivity contribution in [2.75, 3.05) is 6.54 Å². The van der Waals surface area contributed by atoms with Crippen molar-refractivity contribution in [2.45, 2.75) is 31.9 Å². The highest BCUT2D eigenvalue weighted by Gasteiger charge is 2.08. The number of hydrogen-bond acceptors (Lipinski definition) is 4. The Labute approximate surface area is 130 Å². The Hall–Kier alpha value is -1.79. The van der Waals surface area contributed by atoms with Gasteiger partial charge >= 0.3 is 6.09 Å². The fourth-order valence-electron chi connectivity index (χ4n) is 1.60. The lowest BCUT2D eigenvalue weighted by molar-refractivity contribution is -0.119. The predicted octanol–water partition coefficient (Wildman–Crippen LogP) is 1.32. The largest absolute Gasteiger partial charge is 0.445 e. The van der Waals surface area contributed by atoms with Gasteiger partial charge < -0.3 is 21.5 Å². The molecular formula is C14H22ClN3O3. The van der Waals surface area contributed by atoms with Crippen LogP contribution in [-0.4, -0.2) is 24.6 Å². The van der Waals surface area contributed by atoms with Crippen LogP contribution in [0.5, 0.6) is 0 Å². The van der Waals surface area contributed by atoms with E-state index >= 15 is 0 Å². The van der Waals surface area contributed by atoms with Gasteiger partial charge in [0, 0.05) is 6.54 Å². The van der Waals surface area contributed by atoms with Crippen LogP contribution in [0.15, 0.2) is 30.3 Å². The number of nitrogens with one attached hydrogen (secondary N) is 1. The molecule has 0 aliphatic rings. The molecule has 0 bridgehead atoms. The zero-order valence-electron chi connectivity index (χ0n) is 11.8. The first-order valence-corrected chi connectivity index (χ1v) is 6.59. The van der Waals surface area contributed by atoms with E-state index in [1.807, 2.05) is 30.3 Å². The van der Waals surface area contributed by atoms with Gasteiger partial charge in [-0.05, 0) is 24.8 Å². The average Bonchev–Trinajstić information content (AvgIpc) is 2.45. The predicted molar refractivity (Wildman–Crippen MR) is 82.9 cm³/mol. The van der Waals surface area contributed by atoms with Gasteiger partial charge in [-0.3, -0.25) is 4.79 Å². The van der Waals surface area contributed by atoms with Crippen LogP contribution < -0.4 is 16.8 Å². The van der Waals surface area contributed by atoms with Gasteiger partial charge in [-0.25, -0.2) is 4.79 Å². The van der Waals surface area contributed by atoms with Crippen LogP contribution in [-0.2, 0) is 16.1 Å². The lowest BCUT2D eigenvalue weighted by Crippen LogP contribution is -2.36. The molecule has 6 nitrogen and oxygen atoms in total. The molecule has 1 aromatic rings. The Morgan fingerprint density at radius 2 is 1.86 bits per heavy atom. The van der Waals surface area contributed by atoms with Gasteiger partial charge in [0.2, 0.25) is 5.91 Å². The van der Waals surface area contributed by atoms with Crippen molar-refractivity contribution in [3.8, 4) is 0 Å². The van der Waals surface area contributed by atoms with E-state index in [-0.39, 0.29) is 19.0 Å². The number of primary amides is 1. The SMILES string of the molecule is Cl.NC(=O)[C@@H](N)CCCCNC(=O)OCc1ccccc1. The van der Waals surface area contributed by atoms with Crippen molar-refractivity contribution < 1.29 is 14.3 Å². The first-order valence-electron chi connectivity index (χ1n) is 6.59. The molecule has 0 heterocycles. The quantitative estimate of drug-likeness (QED) is 0.629. The second-order valence-electron chi connectivity index (χ2n) is 4.49. The molecule has 0 saturated carbocycles. The van der Waals surface area contributed by atoms with Crippen LogP contribution in [0, 0.1) is 0 Å². The van der Waals surface area contributed by atoms with Crippen molar-refractivity contribution >= 4 is 24.4 Å². The van der Waals surface area contributed by atoms with Gasteiger partial charge in [-0.15, -0.1) is 12.4 Å². The van der Waals surface area contributed by atoms with Gasteiger partial charge in [0.15, 0.2) is 0 Å². The fraction of sp³-hybridized carbons (Fsp3) is 0.429. The van der Waals surface area contributed by atoms with E-state index in [1.54, 1.807) is 0 Å². The van der Waals surface area contributed by atoms with Gasteiger partial charge in [0.05, 0.1) is 6.04 Å². The summed E-state index contributed by atoms with van der Waals surface area (Å²) in [6.45, 7) is 0.734. The molecular weight excluding hydrogens is 294 g/mol. The lowest BCUT2D eigenvalue weighted by atomic mass is 10.1. The Kier molecular flexibility index (Phi) is 10.0. The Morgan fingerprint density at radius 3 is 2.48 bits per heavy atom. The summed E-state index contributed by atoms with van der Waals surface area (Å²) in [5.41, 5.74) is 11.5. The molecule has 5 N–H and O–H groups in total. The number of amides is 2. The third-order valence-electron chi connectivity index (χ3n) is 2.79. The summed E-state index contributed by atoms with van der Waals surface area (Å²) in [5, 5.41) is 2.64. The zero-order chi connectivity index (χ0) is 14.8. The van der Waals surface area contributed by atoms with Crippen LogP contribution in [0.4, 0.5) is 4.79 Å². The van der Waals surface area contributed by atoms with Crippen LogP contribution in [0.3, 0.4) is 0 Å². The van der Waals surface area contributed by atoms with E-state index < -0.39 is 18.0 Å². The molecule has 118 valence electrons. The van der Waals surface area contributed by atoms with Gasteiger partial charge in [-0.1, -0.05) is 30.3 Å². The number of ether oxygens (including phenoxy) is 1. The highest BCUT2D eigenvalue weighted by atomic mass is 35.5. The molecule has 1 atom stereocenters. The molecule has 0 fully saturated rings. The third-order valence-corrected chi connectivity index (χ3v) is 2.79. The molecule has 0 aliphatic heterocycles. The molecule has 0 aliphatic carbocycles. The van der Waals surface area contributed by atoms with Crippen LogP contribution in [0.2, 0.25) is 0 Å². The number of carbonyl (C=O) groups is 2. The highest BCUT2D eigenvalue weighted by Crippen LogP contribution is 2.01. The number of alkyl carbamates (subject to hydrolysis) is 1. The van der Waals surface area contributed by atoms with Gasteiger partial charge in [-0.2, -0.15) is 0 Å². The fourth-order valence-corrected chi connectivity index (χ4v) is 1.60. The topological polar surface area (TPSA) is 107 Å². The zero-order valence-corrected chi connectivity index (χ0v) is 12.6. The standard InChI is InChI=1S/C14H21N3O3.ClH/c15-12(13(16)18)8-4-5-9-17-14(19)20-10-11-6-2-1-3-7-11;/h1-3,6-7,12H,4-5,8-10,15H2,(H2,16,18)(H,17,19);1H/t12-;/m0./s1. The summed E-state index contributed by atoms with van der Waals surface area (Å²) in [4.78, 5) is 22.1. The van der Waals surface area contributed by atoms with Gasteiger partial charge in [0.25, 0.3) is 0 Å². The van der Waals surface area contributed by atoms with E-state index in [2.05, 4.69) is 5.32 Å². The minimum Gasteiger partial charge on any atom is -0.445 e. The minimum atomic E-state index is -0.611. The van der Waals surface area contributed by atoms with E-state index in [0.717, 1.165) is 18.4 Å². The minimum absolute atomic E-state index is 0. The number of halogens is 1. The van der Waals surface area contributed by atoms with Crippen molar-refractivity contribution in [3.05, 3.63) is 35.9 Å². The third kappa shape index (κ3) is 8.88. The summed E-state index contributed by atoms with van der Waals surface area (Å²) in [6.07, 6.45) is 1.52. The van der Waals surface area contributed by atoms with Crippen molar-refractivity contribution in [2.24, 2.45) is 11.5 Å². The molecule has 0 saturated heterocycles. The first-order chi connectivity index (χ1) is 9.59. The summed E-state index contributed by atoms with van der Waals surface area (Å²) >= 11 is 0. The van der Waals surface area contributed by atoms with Crippen molar-refractivity contribution in [3.63, 3.8) is 0 Å². The molecule has 0 spiro atoms. The van der Waals surface area contributed by atoms with Crippen LogP contribution >= 0.6 is 12.4 Å². The molecule has 0 aromatic heterocycles.